The smallest absolute Gasteiger partial charge is 0.410 e. The van der Waals surface area contributed by atoms with E-state index in [0.29, 0.717) is 32.5 Å². The summed E-state index contributed by atoms with van der Waals surface area (Å²) in [5.74, 6) is -0.855. The molecule has 0 aliphatic carbocycles. The minimum atomic E-state index is -0.926. The number of rotatable bonds is 5. The maximum atomic E-state index is 12.0. The van der Waals surface area contributed by atoms with Gasteiger partial charge in [0.15, 0.2) is 0 Å². The average Bonchev–Trinajstić information content (AvgIpc) is 2.54. The van der Waals surface area contributed by atoms with Gasteiger partial charge in [-0.15, -0.1) is 0 Å². The zero-order valence-electron chi connectivity index (χ0n) is 12.7. The van der Waals surface area contributed by atoms with E-state index in [1.54, 1.807) is 4.90 Å². The summed E-state index contributed by atoms with van der Waals surface area (Å²) in [6, 6.07) is 9.47. The number of nitrogens with one attached hydrogen (secondary N) is 1. The Labute approximate surface area is 130 Å². The number of hydrogen-bond acceptors (Lipinski definition) is 4. The van der Waals surface area contributed by atoms with Crippen LogP contribution in [0.2, 0.25) is 0 Å². The number of aliphatic carboxylic acids is 1. The van der Waals surface area contributed by atoms with Crippen molar-refractivity contribution in [2.24, 2.45) is 0 Å². The van der Waals surface area contributed by atoms with Gasteiger partial charge in [0.25, 0.3) is 0 Å². The lowest BCUT2D eigenvalue weighted by Gasteiger charge is -2.38. The molecule has 2 rings (SSSR count). The number of carbonyl (C=O) groups excluding carboxylic acids is 1. The second-order valence-electron chi connectivity index (χ2n) is 5.44. The van der Waals surface area contributed by atoms with E-state index in [9.17, 15) is 14.7 Å². The van der Waals surface area contributed by atoms with Crippen molar-refractivity contribution < 1.29 is 19.4 Å². The van der Waals surface area contributed by atoms with Crippen LogP contribution in [0.5, 0.6) is 0 Å². The normalized spacial score (nSPS) is 17.0. The molecule has 0 bridgehead atoms. The number of nitrogens with zero attached hydrogens (tertiary/aromatic N) is 1. The molecule has 1 heterocycles. The number of benzene rings is 1. The molecule has 0 unspecified atom stereocenters. The molecule has 2 N–H and O–H groups in total. The second-order valence-corrected chi connectivity index (χ2v) is 5.44. The molecular formula is C16H22N2O4. The first-order chi connectivity index (χ1) is 10.6. The molecule has 6 nitrogen and oxygen atoms in total. The Bertz CT molecular complexity index is 510. The molecular weight excluding hydrogens is 284 g/mol. The van der Waals surface area contributed by atoms with Crippen LogP contribution in [0.3, 0.4) is 0 Å². The van der Waals surface area contributed by atoms with Crippen LogP contribution in [-0.2, 0) is 16.1 Å². The largest absolute Gasteiger partial charge is 0.480 e. The van der Waals surface area contributed by atoms with E-state index < -0.39 is 11.5 Å². The van der Waals surface area contributed by atoms with Crippen LogP contribution >= 0.6 is 0 Å². The molecule has 1 aromatic rings. The molecule has 1 saturated heterocycles. The van der Waals surface area contributed by atoms with Crippen LogP contribution in [0, 0.1) is 0 Å². The lowest BCUT2D eigenvalue weighted by Crippen LogP contribution is -2.59. The molecule has 1 amide bonds. The third-order valence-electron chi connectivity index (χ3n) is 4.00. The van der Waals surface area contributed by atoms with Gasteiger partial charge in [0.1, 0.15) is 12.1 Å². The Morgan fingerprint density at radius 1 is 1.27 bits per heavy atom. The predicted octanol–water partition coefficient (Wildman–Crippen LogP) is 1.85. The molecule has 0 saturated carbocycles. The van der Waals surface area contributed by atoms with E-state index in [-0.39, 0.29) is 12.7 Å². The van der Waals surface area contributed by atoms with Crippen molar-refractivity contribution in [3.63, 3.8) is 0 Å². The maximum absolute atomic E-state index is 12.0. The van der Waals surface area contributed by atoms with Crippen LogP contribution in [0.15, 0.2) is 30.3 Å². The number of carboxylic acid groups (broad SMARTS) is 1. The number of hydrogen-bond donors (Lipinski definition) is 2. The first-order valence-corrected chi connectivity index (χ1v) is 7.51. The number of carbonyl (C=O) groups is 2. The zero-order chi connectivity index (χ0) is 16.0. The van der Waals surface area contributed by atoms with Crippen LogP contribution in [0.4, 0.5) is 4.79 Å². The molecule has 1 aliphatic rings. The predicted molar refractivity (Wildman–Crippen MR) is 81.5 cm³/mol. The third kappa shape index (κ3) is 3.76. The fourth-order valence-electron chi connectivity index (χ4n) is 2.69. The van der Waals surface area contributed by atoms with E-state index in [1.165, 1.54) is 0 Å². The molecule has 120 valence electrons. The van der Waals surface area contributed by atoms with Crippen molar-refractivity contribution in [2.45, 2.75) is 31.9 Å². The maximum Gasteiger partial charge on any atom is 0.410 e. The number of likely N-dealkylation sites (tertiary alicyclic amines) is 1. The fraction of sp³-hybridized carbons (Fsp3) is 0.500. The van der Waals surface area contributed by atoms with Gasteiger partial charge < -0.3 is 20.1 Å². The second kappa shape index (κ2) is 7.26. The van der Waals surface area contributed by atoms with Gasteiger partial charge in [0, 0.05) is 13.1 Å². The Hall–Kier alpha value is -2.08. The van der Waals surface area contributed by atoms with E-state index >= 15 is 0 Å². The van der Waals surface area contributed by atoms with Crippen molar-refractivity contribution >= 4 is 12.1 Å². The van der Waals surface area contributed by atoms with Crippen molar-refractivity contribution in [2.75, 3.05) is 19.6 Å². The number of amides is 1. The average molecular weight is 306 g/mol. The van der Waals surface area contributed by atoms with Crippen LogP contribution in [-0.4, -0.2) is 47.2 Å². The highest BCUT2D eigenvalue weighted by molar-refractivity contribution is 5.79. The van der Waals surface area contributed by atoms with Gasteiger partial charge in [-0.25, -0.2) is 4.79 Å². The summed E-state index contributed by atoms with van der Waals surface area (Å²) in [7, 11) is 0. The number of piperidine rings is 1. The molecule has 1 aromatic carbocycles. The minimum absolute atomic E-state index is 0.230. The molecule has 1 aliphatic heterocycles. The Morgan fingerprint density at radius 2 is 1.91 bits per heavy atom. The van der Waals surface area contributed by atoms with Gasteiger partial charge >= 0.3 is 12.1 Å². The van der Waals surface area contributed by atoms with Crippen molar-refractivity contribution in [1.82, 2.24) is 10.2 Å². The summed E-state index contributed by atoms with van der Waals surface area (Å²) in [4.78, 5) is 25.1. The summed E-state index contributed by atoms with van der Waals surface area (Å²) < 4.78 is 5.28. The number of carboxylic acids is 1. The molecule has 6 heteroatoms. The zero-order valence-corrected chi connectivity index (χ0v) is 12.7. The Morgan fingerprint density at radius 3 is 2.45 bits per heavy atom. The summed E-state index contributed by atoms with van der Waals surface area (Å²) in [6.45, 7) is 3.46. The van der Waals surface area contributed by atoms with Gasteiger partial charge in [0.2, 0.25) is 0 Å². The van der Waals surface area contributed by atoms with Gasteiger partial charge in [-0.1, -0.05) is 37.3 Å². The summed E-state index contributed by atoms with van der Waals surface area (Å²) >= 11 is 0. The summed E-state index contributed by atoms with van der Waals surface area (Å²) in [5.41, 5.74) is 0.00528. The van der Waals surface area contributed by atoms with E-state index in [0.717, 1.165) is 5.56 Å². The molecule has 0 aromatic heterocycles. The molecule has 0 spiro atoms. The van der Waals surface area contributed by atoms with Crippen molar-refractivity contribution in [1.29, 1.82) is 0 Å². The number of ether oxygens (including phenoxy) is 1. The van der Waals surface area contributed by atoms with Crippen LogP contribution in [0.25, 0.3) is 0 Å². The van der Waals surface area contributed by atoms with Gasteiger partial charge in [0.05, 0.1) is 0 Å². The van der Waals surface area contributed by atoms with Gasteiger partial charge in [-0.2, -0.15) is 0 Å². The SMILES string of the molecule is CCNC1(C(=O)O)CCN(C(=O)OCc2ccccc2)CC1. The quantitative estimate of drug-likeness (QED) is 0.868. The van der Waals surface area contributed by atoms with Gasteiger partial charge in [-0.3, -0.25) is 4.79 Å². The fourth-order valence-corrected chi connectivity index (χ4v) is 2.69. The standard InChI is InChI=1S/C16H22N2O4/c1-2-17-16(14(19)20)8-10-18(11-9-16)15(21)22-12-13-6-4-3-5-7-13/h3-7,17H,2,8-12H2,1H3,(H,19,20). The van der Waals surface area contributed by atoms with Gasteiger partial charge in [-0.05, 0) is 24.9 Å². The minimum Gasteiger partial charge on any atom is -0.480 e. The van der Waals surface area contributed by atoms with Crippen molar-refractivity contribution in [3.8, 4) is 0 Å². The highest BCUT2D eigenvalue weighted by Gasteiger charge is 2.41. The molecule has 0 radical (unpaired) electrons. The highest BCUT2D eigenvalue weighted by Crippen LogP contribution is 2.23. The van der Waals surface area contributed by atoms with E-state index in [4.69, 9.17) is 4.74 Å². The van der Waals surface area contributed by atoms with E-state index in [1.807, 2.05) is 37.3 Å². The van der Waals surface area contributed by atoms with E-state index in [2.05, 4.69) is 5.32 Å². The number of likely N-dealkylation sites (N-methyl/N-ethyl adjacent to an activating group) is 1. The first kappa shape index (κ1) is 16.3. The molecule has 0 atom stereocenters. The molecule has 1 fully saturated rings. The third-order valence-corrected chi connectivity index (χ3v) is 4.00. The monoisotopic (exact) mass is 306 g/mol. The molecule has 22 heavy (non-hydrogen) atoms. The lowest BCUT2D eigenvalue weighted by molar-refractivity contribution is -0.147. The summed E-state index contributed by atoms with van der Waals surface area (Å²) in [6.07, 6.45) is 0.382. The highest BCUT2D eigenvalue weighted by atomic mass is 16.6. The van der Waals surface area contributed by atoms with Crippen LogP contribution in [0.1, 0.15) is 25.3 Å². The van der Waals surface area contributed by atoms with Crippen molar-refractivity contribution in [3.05, 3.63) is 35.9 Å². The summed E-state index contributed by atoms with van der Waals surface area (Å²) in [5, 5.41) is 12.4. The Kier molecular flexibility index (Phi) is 5.38. The van der Waals surface area contributed by atoms with Crippen LogP contribution < -0.4 is 5.32 Å². The lowest BCUT2D eigenvalue weighted by atomic mass is 9.87. The Balaban J connectivity index is 1.85. The topological polar surface area (TPSA) is 78.9 Å². The first-order valence-electron chi connectivity index (χ1n) is 7.51.